The molecule has 0 aromatic rings. The molecule has 2 heterocycles. The first kappa shape index (κ1) is 8.86. The molecule has 0 aromatic heterocycles. The van der Waals surface area contributed by atoms with Crippen LogP contribution < -0.4 is 0 Å². The van der Waals surface area contributed by atoms with E-state index in [-0.39, 0.29) is 11.3 Å². The van der Waals surface area contributed by atoms with Crippen molar-refractivity contribution < 1.29 is 18.0 Å². The number of hydrogen-bond acceptors (Lipinski definition) is 2. The minimum atomic E-state index is -4.50. The predicted octanol–water partition coefficient (Wildman–Crippen LogP) is 1.42. The highest BCUT2D eigenvalue weighted by molar-refractivity contribution is 6.50. The lowest BCUT2D eigenvalue weighted by molar-refractivity contribution is -0.111. The predicted molar refractivity (Wildman–Crippen MR) is 43.2 cm³/mol. The van der Waals surface area contributed by atoms with Crippen LogP contribution in [0.1, 0.15) is 0 Å². The zero-order valence-corrected chi connectivity index (χ0v) is 6.67. The van der Waals surface area contributed by atoms with E-state index in [0.717, 1.165) is 12.3 Å². The van der Waals surface area contributed by atoms with E-state index in [2.05, 4.69) is 9.98 Å². The number of hydrogen-bond donors (Lipinski definition) is 0. The molecule has 3 nitrogen and oxygen atoms in total. The molecule has 6 heteroatoms. The van der Waals surface area contributed by atoms with Crippen molar-refractivity contribution >= 4 is 17.8 Å². The second kappa shape index (κ2) is 2.63. The molecule has 2 rings (SSSR count). The molecule has 0 fully saturated rings. The van der Waals surface area contributed by atoms with Crippen LogP contribution in [0.2, 0.25) is 0 Å². The van der Waals surface area contributed by atoms with Gasteiger partial charge in [-0.1, -0.05) is 0 Å². The van der Waals surface area contributed by atoms with E-state index in [1.54, 1.807) is 0 Å². The topological polar surface area (TPSA) is 41.8 Å². The first-order valence-electron chi connectivity index (χ1n) is 3.65. The number of rotatable bonds is 0. The molecule has 0 aliphatic carbocycles. The Labute approximate surface area is 76.4 Å². The molecule has 14 heavy (non-hydrogen) atoms. The molecule has 2 aliphatic rings. The van der Waals surface area contributed by atoms with Crippen LogP contribution >= 0.6 is 0 Å². The van der Waals surface area contributed by atoms with Crippen molar-refractivity contribution in [2.75, 3.05) is 0 Å². The van der Waals surface area contributed by atoms with Crippen molar-refractivity contribution in [3.8, 4) is 0 Å². The molecule has 0 bridgehead atoms. The lowest BCUT2D eigenvalue weighted by Crippen LogP contribution is -2.25. The van der Waals surface area contributed by atoms with Crippen molar-refractivity contribution in [3.05, 3.63) is 23.4 Å². The standard InChI is InChI=1S/C8H3F3N2O/c9-8(10,11)5-3-13-7(14)6-4(5)1-2-12-6/h1-3H. The van der Waals surface area contributed by atoms with Gasteiger partial charge in [0.15, 0.2) is 0 Å². The lowest BCUT2D eigenvalue weighted by atomic mass is 10.0. The van der Waals surface area contributed by atoms with Crippen molar-refractivity contribution in [2.45, 2.75) is 6.18 Å². The minimum absolute atomic E-state index is 0.197. The van der Waals surface area contributed by atoms with E-state index >= 15 is 0 Å². The Balaban J connectivity index is 2.58. The number of carbonyl (C=O) groups excluding carboxylic acids is 1. The molecule has 0 saturated heterocycles. The van der Waals surface area contributed by atoms with Gasteiger partial charge in [-0.2, -0.15) is 13.2 Å². The fourth-order valence-electron chi connectivity index (χ4n) is 1.20. The number of amides is 1. The summed E-state index contributed by atoms with van der Waals surface area (Å²) < 4.78 is 37.1. The van der Waals surface area contributed by atoms with E-state index in [1.807, 2.05) is 0 Å². The molecule has 0 unspecified atom stereocenters. The van der Waals surface area contributed by atoms with Gasteiger partial charge < -0.3 is 0 Å². The number of fused-ring (bicyclic) bond motifs is 1. The van der Waals surface area contributed by atoms with Crippen LogP contribution in [0.3, 0.4) is 0 Å². The zero-order valence-electron chi connectivity index (χ0n) is 6.67. The van der Waals surface area contributed by atoms with Gasteiger partial charge in [-0.15, -0.1) is 0 Å². The molecule has 0 atom stereocenters. The van der Waals surface area contributed by atoms with Crippen LogP contribution in [0, 0.1) is 0 Å². The maximum atomic E-state index is 12.4. The second-order valence-corrected chi connectivity index (χ2v) is 2.68. The van der Waals surface area contributed by atoms with Crippen LogP contribution in [0.25, 0.3) is 0 Å². The Bertz CT molecular complexity index is 426. The number of nitrogens with zero attached hydrogens (tertiary/aromatic N) is 2. The molecular weight excluding hydrogens is 197 g/mol. The van der Waals surface area contributed by atoms with Crippen LogP contribution in [-0.2, 0) is 4.79 Å². The van der Waals surface area contributed by atoms with Gasteiger partial charge in [0.25, 0.3) is 5.91 Å². The van der Waals surface area contributed by atoms with Crippen molar-refractivity contribution in [2.24, 2.45) is 9.98 Å². The number of dihydropyridines is 1. The van der Waals surface area contributed by atoms with Crippen molar-refractivity contribution in [3.63, 3.8) is 0 Å². The van der Waals surface area contributed by atoms with Crippen LogP contribution in [-0.4, -0.2) is 24.0 Å². The summed E-state index contributed by atoms with van der Waals surface area (Å²) in [5.41, 5.74) is -1.36. The molecular formula is C8H3F3N2O. The van der Waals surface area contributed by atoms with Crippen LogP contribution in [0.5, 0.6) is 0 Å². The van der Waals surface area contributed by atoms with E-state index in [9.17, 15) is 18.0 Å². The first-order chi connectivity index (χ1) is 6.50. The Morgan fingerprint density at radius 1 is 1.29 bits per heavy atom. The number of halogens is 3. The third kappa shape index (κ3) is 1.19. The van der Waals surface area contributed by atoms with Gasteiger partial charge in [0.05, 0.1) is 5.57 Å². The highest BCUT2D eigenvalue weighted by Crippen LogP contribution is 2.31. The van der Waals surface area contributed by atoms with Gasteiger partial charge in [-0.3, -0.25) is 9.79 Å². The van der Waals surface area contributed by atoms with Crippen LogP contribution in [0.15, 0.2) is 33.4 Å². The summed E-state index contributed by atoms with van der Waals surface area (Å²) >= 11 is 0. The monoisotopic (exact) mass is 200 g/mol. The Morgan fingerprint density at radius 3 is 2.64 bits per heavy atom. The van der Waals surface area contributed by atoms with Crippen LogP contribution in [0.4, 0.5) is 13.2 Å². The molecule has 0 saturated carbocycles. The van der Waals surface area contributed by atoms with Gasteiger partial charge >= 0.3 is 6.18 Å². The van der Waals surface area contributed by atoms with E-state index in [4.69, 9.17) is 0 Å². The number of allylic oxidation sites excluding steroid dienone is 2. The summed E-state index contributed by atoms with van der Waals surface area (Å²) in [6, 6.07) is 0. The normalized spacial score (nSPS) is 20.2. The summed E-state index contributed by atoms with van der Waals surface area (Å²) in [4.78, 5) is 17.6. The molecule has 2 aliphatic heterocycles. The van der Waals surface area contributed by atoms with Crippen molar-refractivity contribution in [1.29, 1.82) is 0 Å². The highest BCUT2D eigenvalue weighted by atomic mass is 19.4. The number of carbonyl (C=O) groups is 1. The molecule has 72 valence electrons. The summed E-state index contributed by atoms with van der Waals surface area (Å²) in [5.74, 6) is -0.738. The van der Waals surface area contributed by atoms with Gasteiger partial charge in [0.1, 0.15) is 5.71 Å². The molecule has 0 N–H and O–H groups in total. The quantitative estimate of drug-likeness (QED) is 0.583. The fourth-order valence-corrected chi connectivity index (χ4v) is 1.20. The summed E-state index contributed by atoms with van der Waals surface area (Å²) in [6.45, 7) is 0. The maximum Gasteiger partial charge on any atom is 0.418 e. The smallest absolute Gasteiger partial charge is 0.265 e. The summed E-state index contributed by atoms with van der Waals surface area (Å²) in [6.07, 6.45) is -1.66. The van der Waals surface area contributed by atoms with Gasteiger partial charge in [0.2, 0.25) is 0 Å². The SMILES string of the molecule is O=C1N=CC(C(F)(F)F)=C2C=CN=C12. The fraction of sp³-hybridized carbons (Fsp3) is 0.125. The first-order valence-corrected chi connectivity index (χ1v) is 3.65. The lowest BCUT2D eigenvalue weighted by Gasteiger charge is -2.13. The molecule has 0 spiro atoms. The highest BCUT2D eigenvalue weighted by Gasteiger charge is 2.39. The van der Waals surface area contributed by atoms with Gasteiger partial charge in [0, 0.05) is 18.0 Å². The minimum Gasteiger partial charge on any atom is -0.265 e. The maximum absolute atomic E-state index is 12.4. The molecule has 0 radical (unpaired) electrons. The Morgan fingerprint density at radius 2 is 2.00 bits per heavy atom. The third-order valence-corrected chi connectivity index (χ3v) is 1.81. The van der Waals surface area contributed by atoms with E-state index in [0.29, 0.717) is 6.21 Å². The summed E-state index contributed by atoms with van der Waals surface area (Å²) in [7, 11) is 0. The number of alkyl halides is 3. The second-order valence-electron chi connectivity index (χ2n) is 2.68. The average Bonchev–Trinajstić information content (AvgIpc) is 2.50. The molecule has 1 amide bonds. The number of aliphatic imine (C=N–C) groups is 2. The summed E-state index contributed by atoms with van der Waals surface area (Å²) in [5, 5.41) is 0. The van der Waals surface area contributed by atoms with E-state index < -0.39 is 17.7 Å². The third-order valence-electron chi connectivity index (χ3n) is 1.81. The van der Waals surface area contributed by atoms with E-state index in [1.165, 1.54) is 0 Å². The average molecular weight is 200 g/mol. The molecule has 0 aromatic carbocycles. The van der Waals surface area contributed by atoms with Crippen molar-refractivity contribution in [1.82, 2.24) is 0 Å². The zero-order chi connectivity index (χ0) is 10.3. The van der Waals surface area contributed by atoms with Gasteiger partial charge in [-0.25, -0.2) is 4.99 Å². The van der Waals surface area contributed by atoms with Gasteiger partial charge in [-0.05, 0) is 6.08 Å². The Hall–Kier alpha value is -1.72. The largest absolute Gasteiger partial charge is 0.418 e. The Kier molecular flexibility index (Phi) is 1.67.